The average molecular weight is 264 g/mol. The summed E-state index contributed by atoms with van der Waals surface area (Å²) in [5, 5.41) is 12.9. The van der Waals surface area contributed by atoms with Crippen LogP contribution in [0.5, 0.6) is 0 Å². The minimum Gasteiger partial charge on any atom is -0.388 e. The molecule has 1 aromatic heterocycles. The summed E-state index contributed by atoms with van der Waals surface area (Å²) in [5.41, 5.74) is -0.116. The fourth-order valence-electron chi connectivity index (χ4n) is 2.56. The van der Waals surface area contributed by atoms with Gasteiger partial charge in [-0.1, -0.05) is 13.3 Å². The van der Waals surface area contributed by atoms with Crippen LogP contribution in [-0.2, 0) is 0 Å². The Morgan fingerprint density at radius 1 is 1.58 bits per heavy atom. The molecule has 0 spiro atoms. The molecule has 1 amide bonds. The van der Waals surface area contributed by atoms with E-state index in [0.717, 1.165) is 19.3 Å². The van der Waals surface area contributed by atoms with E-state index in [1.54, 1.807) is 6.92 Å². The predicted molar refractivity (Wildman–Crippen MR) is 75.2 cm³/mol. The van der Waals surface area contributed by atoms with Crippen LogP contribution in [0.1, 0.15) is 62.5 Å². The van der Waals surface area contributed by atoms with Gasteiger partial charge in [-0.25, -0.2) is 0 Å². The van der Waals surface area contributed by atoms with E-state index in [0.29, 0.717) is 24.7 Å². The van der Waals surface area contributed by atoms with Crippen molar-refractivity contribution in [3.8, 4) is 0 Å². The van der Waals surface area contributed by atoms with Crippen molar-refractivity contribution in [3.05, 3.63) is 24.0 Å². The summed E-state index contributed by atoms with van der Waals surface area (Å²) in [5.74, 6) is -0.0896. The van der Waals surface area contributed by atoms with Crippen molar-refractivity contribution < 1.29 is 9.90 Å². The van der Waals surface area contributed by atoms with E-state index < -0.39 is 5.60 Å². The Kier molecular flexibility index (Phi) is 4.30. The molecule has 2 rings (SSSR count). The van der Waals surface area contributed by atoms with Crippen molar-refractivity contribution in [1.29, 1.82) is 0 Å². The van der Waals surface area contributed by atoms with Crippen LogP contribution in [0.2, 0.25) is 0 Å². The molecule has 1 unspecified atom stereocenters. The van der Waals surface area contributed by atoms with E-state index in [-0.39, 0.29) is 5.91 Å². The van der Waals surface area contributed by atoms with E-state index in [2.05, 4.69) is 9.88 Å². The van der Waals surface area contributed by atoms with Crippen molar-refractivity contribution in [2.45, 2.75) is 57.6 Å². The Morgan fingerprint density at radius 2 is 2.32 bits per heavy atom. The Labute approximate surface area is 114 Å². The summed E-state index contributed by atoms with van der Waals surface area (Å²) < 4.78 is 2.06. The number of aliphatic hydroxyl groups is 1. The van der Waals surface area contributed by atoms with Gasteiger partial charge in [0.25, 0.3) is 5.91 Å². The number of rotatable bonds is 6. The minimum atomic E-state index is -0.821. The largest absolute Gasteiger partial charge is 0.388 e. The van der Waals surface area contributed by atoms with Crippen molar-refractivity contribution in [2.24, 2.45) is 0 Å². The van der Waals surface area contributed by atoms with Crippen LogP contribution >= 0.6 is 0 Å². The van der Waals surface area contributed by atoms with Gasteiger partial charge in [-0.2, -0.15) is 0 Å². The topological polar surface area (TPSA) is 54.3 Å². The normalized spacial score (nSPS) is 18.7. The maximum absolute atomic E-state index is 12.2. The molecule has 2 N–H and O–H groups in total. The standard InChI is InChI=1S/C15H24N2O2/c1-3-9-15(2,19)11-16-14(18)13-8-5-10-17(13)12-6-4-7-12/h5,8,10,12,19H,3-4,6-7,9,11H2,1-2H3,(H,16,18). The molecule has 1 heterocycles. The molecule has 0 saturated heterocycles. The fraction of sp³-hybridized carbons (Fsp3) is 0.667. The number of aromatic nitrogens is 1. The van der Waals surface area contributed by atoms with Crippen LogP contribution in [0.15, 0.2) is 18.3 Å². The third kappa shape index (κ3) is 3.38. The number of hydrogen-bond acceptors (Lipinski definition) is 2. The first-order chi connectivity index (χ1) is 9.03. The monoisotopic (exact) mass is 264 g/mol. The second-order valence-electron chi connectivity index (χ2n) is 5.82. The highest BCUT2D eigenvalue weighted by atomic mass is 16.3. The number of nitrogens with zero attached hydrogens (tertiary/aromatic N) is 1. The van der Waals surface area contributed by atoms with Crippen LogP contribution in [0.25, 0.3) is 0 Å². The Balaban J connectivity index is 1.95. The van der Waals surface area contributed by atoms with E-state index >= 15 is 0 Å². The molecule has 0 aromatic carbocycles. The first kappa shape index (κ1) is 14.1. The molecule has 1 aliphatic rings. The summed E-state index contributed by atoms with van der Waals surface area (Å²) in [6, 6.07) is 4.24. The van der Waals surface area contributed by atoms with Gasteiger partial charge in [0.1, 0.15) is 5.69 Å². The quantitative estimate of drug-likeness (QED) is 0.829. The lowest BCUT2D eigenvalue weighted by molar-refractivity contribution is 0.0466. The van der Waals surface area contributed by atoms with Gasteiger partial charge in [0.05, 0.1) is 5.60 Å². The molecular weight excluding hydrogens is 240 g/mol. The molecule has 19 heavy (non-hydrogen) atoms. The lowest BCUT2D eigenvalue weighted by Gasteiger charge is -2.29. The summed E-state index contributed by atoms with van der Waals surface area (Å²) in [4.78, 5) is 12.2. The summed E-state index contributed by atoms with van der Waals surface area (Å²) >= 11 is 0. The molecule has 1 aromatic rings. The third-order valence-electron chi connectivity index (χ3n) is 3.90. The molecule has 0 bridgehead atoms. The Hall–Kier alpha value is -1.29. The maximum atomic E-state index is 12.2. The van der Waals surface area contributed by atoms with Gasteiger partial charge in [0, 0.05) is 18.8 Å². The molecule has 4 nitrogen and oxygen atoms in total. The molecule has 4 heteroatoms. The van der Waals surface area contributed by atoms with Gasteiger partial charge in [-0.05, 0) is 44.7 Å². The maximum Gasteiger partial charge on any atom is 0.268 e. The number of amides is 1. The van der Waals surface area contributed by atoms with Crippen LogP contribution in [0.3, 0.4) is 0 Å². The second kappa shape index (κ2) is 5.78. The third-order valence-corrected chi connectivity index (χ3v) is 3.90. The zero-order valence-electron chi connectivity index (χ0n) is 11.9. The van der Waals surface area contributed by atoms with E-state index in [1.807, 2.05) is 25.3 Å². The average Bonchev–Trinajstić information content (AvgIpc) is 2.72. The molecule has 106 valence electrons. The Morgan fingerprint density at radius 3 is 2.89 bits per heavy atom. The molecule has 1 saturated carbocycles. The molecular formula is C15H24N2O2. The van der Waals surface area contributed by atoms with Gasteiger partial charge >= 0.3 is 0 Å². The van der Waals surface area contributed by atoms with Gasteiger partial charge < -0.3 is 15.0 Å². The number of hydrogen-bond donors (Lipinski definition) is 2. The van der Waals surface area contributed by atoms with Crippen LogP contribution in [0, 0.1) is 0 Å². The molecule has 1 aliphatic carbocycles. The lowest BCUT2D eigenvalue weighted by atomic mass is 9.93. The first-order valence-corrected chi connectivity index (χ1v) is 7.21. The number of carbonyl (C=O) groups excluding carboxylic acids is 1. The van der Waals surface area contributed by atoms with Gasteiger partial charge in [0.2, 0.25) is 0 Å². The zero-order valence-corrected chi connectivity index (χ0v) is 11.9. The van der Waals surface area contributed by atoms with Crippen molar-refractivity contribution >= 4 is 5.91 Å². The first-order valence-electron chi connectivity index (χ1n) is 7.21. The number of carbonyl (C=O) groups is 1. The van der Waals surface area contributed by atoms with Crippen LogP contribution < -0.4 is 5.32 Å². The highest BCUT2D eigenvalue weighted by Crippen LogP contribution is 2.32. The highest BCUT2D eigenvalue weighted by Gasteiger charge is 2.25. The SMILES string of the molecule is CCCC(C)(O)CNC(=O)c1cccn1C1CCC1. The summed E-state index contributed by atoms with van der Waals surface area (Å²) in [6.45, 7) is 4.09. The predicted octanol–water partition coefficient (Wildman–Crippen LogP) is 2.49. The van der Waals surface area contributed by atoms with E-state index in [9.17, 15) is 9.90 Å². The van der Waals surface area contributed by atoms with Crippen molar-refractivity contribution in [2.75, 3.05) is 6.54 Å². The summed E-state index contributed by atoms with van der Waals surface area (Å²) in [6.07, 6.45) is 7.13. The fourth-order valence-corrected chi connectivity index (χ4v) is 2.56. The molecule has 0 aliphatic heterocycles. The van der Waals surface area contributed by atoms with Gasteiger partial charge in [0.15, 0.2) is 0 Å². The highest BCUT2D eigenvalue weighted by molar-refractivity contribution is 5.92. The number of nitrogens with one attached hydrogen (secondary N) is 1. The zero-order chi connectivity index (χ0) is 13.9. The van der Waals surface area contributed by atoms with Crippen molar-refractivity contribution in [1.82, 2.24) is 9.88 Å². The van der Waals surface area contributed by atoms with Crippen LogP contribution in [0.4, 0.5) is 0 Å². The van der Waals surface area contributed by atoms with Gasteiger partial charge in [-0.3, -0.25) is 4.79 Å². The Bertz CT molecular complexity index is 433. The summed E-state index contributed by atoms with van der Waals surface area (Å²) in [7, 11) is 0. The van der Waals surface area contributed by atoms with Gasteiger partial charge in [-0.15, -0.1) is 0 Å². The lowest BCUT2D eigenvalue weighted by Crippen LogP contribution is -2.41. The minimum absolute atomic E-state index is 0.0896. The van der Waals surface area contributed by atoms with E-state index in [4.69, 9.17) is 0 Å². The molecule has 1 fully saturated rings. The molecule has 1 atom stereocenters. The second-order valence-corrected chi connectivity index (χ2v) is 5.82. The van der Waals surface area contributed by atoms with E-state index in [1.165, 1.54) is 6.42 Å². The van der Waals surface area contributed by atoms with Crippen molar-refractivity contribution in [3.63, 3.8) is 0 Å². The molecule has 0 radical (unpaired) electrons. The van der Waals surface area contributed by atoms with Crippen LogP contribution in [-0.4, -0.2) is 27.7 Å². The smallest absolute Gasteiger partial charge is 0.268 e.